The van der Waals surface area contributed by atoms with Crippen LogP contribution in [-0.2, 0) is 9.53 Å². The average molecular weight is 453 g/mol. The third-order valence-electron chi connectivity index (χ3n) is 5.62. The molecule has 2 aromatic heterocycles. The molecule has 5 heterocycles. The molecule has 5 rings (SSSR count). The fourth-order valence-electron chi connectivity index (χ4n) is 4.07. The SMILES string of the molecule is Cl.Cl.O=C1NC(N2CCN(CC3CCCO3)CC2)=NC1=Cc1c[nH]c2ncccc12. The summed E-state index contributed by atoms with van der Waals surface area (Å²) in [4.78, 5) is 29.0. The van der Waals surface area contributed by atoms with E-state index in [0.29, 0.717) is 17.8 Å². The van der Waals surface area contributed by atoms with E-state index < -0.39 is 0 Å². The second-order valence-electron chi connectivity index (χ2n) is 7.49. The van der Waals surface area contributed by atoms with Crippen LogP contribution in [0.25, 0.3) is 17.1 Å². The first kappa shape index (κ1) is 22.6. The highest BCUT2D eigenvalue weighted by Crippen LogP contribution is 2.21. The summed E-state index contributed by atoms with van der Waals surface area (Å²) in [6.07, 6.45) is 8.14. The Bertz CT molecular complexity index is 946. The molecule has 10 heteroatoms. The fraction of sp³-hybridized carbons (Fsp3) is 0.450. The summed E-state index contributed by atoms with van der Waals surface area (Å²) in [5.74, 6) is 0.501. The Hall–Kier alpha value is -2.13. The first-order valence-corrected chi connectivity index (χ1v) is 9.89. The molecule has 0 bridgehead atoms. The molecule has 2 fully saturated rings. The number of pyridine rings is 1. The summed E-state index contributed by atoms with van der Waals surface area (Å²) in [5, 5.41) is 3.90. The Balaban J connectivity index is 0.00000128. The molecule has 0 aromatic carbocycles. The molecule has 1 unspecified atom stereocenters. The molecule has 0 radical (unpaired) electrons. The number of hydrogen-bond donors (Lipinski definition) is 2. The van der Waals surface area contributed by atoms with Crippen molar-refractivity contribution >= 4 is 53.8 Å². The number of nitrogens with one attached hydrogen (secondary N) is 2. The van der Waals surface area contributed by atoms with E-state index in [0.717, 1.165) is 55.9 Å². The van der Waals surface area contributed by atoms with E-state index >= 15 is 0 Å². The number of aliphatic imine (C=N–C) groups is 1. The van der Waals surface area contributed by atoms with Crippen LogP contribution in [0.4, 0.5) is 0 Å². The Morgan fingerprint density at radius 1 is 1.23 bits per heavy atom. The maximum absolute atomic E-state index is 12.4. The number of rotatable bonds is 3. The number of hydrogen-bond acceptors (Lipinski definition) is 6. The number of H-pyrrole nitrogens is 1. The zero-order chi connectivity index (χ0) is 18.9. The zero-order valence-corrected chi connectivity index (χ0v) is 18.2. The van der Waals surface area contributed by atoms with Gasteiger partial charge in [0.05, 0.1) is 6.10 Å². The number of piperazine rings is 1. The van der Waals surface area contributed by atoms with Gasteiger partial charge >= 0.3 is 0 Å². The van der Waals surface area contributed by atoms with Gasteiger partial charge in [0, 0.05) is 62.7 Å². The minimum atomic E-state index is -0.157. The minimum Gasteiger partial charge on any atom is -0.377 e. The van der Waals surface area contributed by atoms with Gasteiger partial charge in [-0.2, -0.15) is 0 Å². The van der Waals surface area contributed by atoms with Gasteiger partial charge in [-0.1, -0.05) is 0 Å². The van der Waals surface area contributed by atoms with Crippen molar-refractivity contribution in [3.8, 4) is 0 Å². The second kappa shape index (κ2) is 9.78. The van der Waals surface area contributed by atoms with E-state index in [4.69, 9.17) is 4.74 Å². The molecule has 8 nitrogen and oxygen atoms in total. The number of aromatic amines is 1. The van der Waals surface area contributed by atoms with Crippen molar-refractivity contribution in [2.45, 2.75) is 18.9 Å². The number of nitrogens with zero attached hydrogens (tertiary/aromatic N) is 4. The molecule has 1 amide bonds. The van der Waals surface area contributed by atoms with Crippen LogP contribution in [0.3, 0.4) is 0 Å². The lowest BCUT2D eigenvalue weighted by molar-refractivity contribution is -0.115. The molecule has 1 atom stereocenters. The molecule has 0 spiro atoms. The number of aromatic nitrogens is 2. The van der Waals surface area contributed by atoms with Gasteiger partial charge in [-0.15, -0.1) is 24.8 Å². The topological polar surface area (TPSA) is 85.9 Å². The van der Waals surface area contributed by atoms with E-state index in [1.165, 1.54) is 12.8 Å². The molecule has 0 saturated carbocycles. The number of ether oxygens (including phenoxy) is 1. The van der Waals surface area contributed by atoms with Crippen LogP contribution in [0.15, 0.2) is 35.2 Å². The molecule has 162 valence electrons. The second-order valence-corrected chi connectivity index (χ2v) is 7.49. The monoisotopic (exact) mass is 452 g/mol. The van der Waals surface area contributed by atoms with Gasteiger partial charge < -0.3 is 14.6 Å². The van der Waals surface area contributed by atoms with Gasteiger partial charge in [-0.25, -0.2) is 9.98 Å². The first-order chi connectivity index (χ1) is 13.8. The normalized spacial score (nSPS) is 23.3. The van der Waals surface area contributed by atoms with Crippen LogP contribution in [-0.4, -0.2) is 77.1 Å². The van der Waals surface area contributed by atoms with Crippen LogP contribution in [0.2, 0.25) is 0 Å². The number of fused-ring (bicyclic) bond motifs is 1. The van der Waals surface area contributed by atoms with Crippen molar-refractivity contribution in [3.05, 3.63) is 35.8 Å². The van der Waals surface area contributed by atoms with Gasteiger partial charge in [0.2, 0.25) is 5.96 Å². The summed E-state index contributed by atoms with van der Waals surface area (Å²) in [6, 6.07) is 3.87. The zero-order valence-electron chi connectivity index (χ0n) is 16.5. The largest absolute Gasteiger partial charge is 0.377 e. The Labute approximate surface area is 187 Å². The van der Waals surface area contributed by atoms with Gasteiger partial charge in [0.15, 0.2) is 0 Å². The summed E-state index contributed by atoms with van der Waals surface area (Å²) < 4.78 is 5.74. The Kier molecular flexibility index (Phi) is 7.36. The van der Waals surface area contributed by atoms with Crippen LogP contribution in [0.1, 0.15) is 18.4 Å². The van der Waals surface area contributed by atoms with Crippen LogP contribution < -0.4 is 5.32 Å². The maximum atomic E-state index is 12.4. The van der Waals surface area contributed by atoms with Crippen LogP contribution in [0, 0.1) is 0 Å². The summed E-state index contributed by atoms with van der Waals surface area (Å²) in [7, 11) is 0. The van der Waals surface area contributed by atoms with Gasteiger partial charge in [-0.3, -0.25) is 15.0 Å². The molecule has 0 aliphatic carbocycles. The van der Waals surface area contributed by atoms with Crippen molar-refractivity contribution in [1.29, 1.82) is 0 Å². The molecule has 30 heavy (non-hydrogen) atoms. The summed E-state index contributed by atoms with van der Waals surface area (Å²) >= 11 is 0. The van der Waals surface area contributed by atoms with Crippen molar-refractivity contribution < 1.29 is 9.53 Å². The van der Waals surface area contributed by atoms with E-state index in [9.17, 15) is 4.79 Å². The Morgan fingerprint density at radius 2 is 2.07 bits per heavy atom. The van der Waals surface area contributed by atoms with E-state index in [2.05, 4.69) is 30.1 Å². The van der Waals surface area contributed by atoms with Crippen molar-refractivity contribution in [3.63, 3.8) is 0 Å². The van der Waals surface area contributed by atoms with E-state index in [1.807, 2.05) is 24.4 Å². The highest BCUT2D eigenvalue weighted by atomic mass is 35.5. The van der Waals surface area contributed by atoms with Gasteiger partial charge in [0.25, 0.3) is 5.91 Å². The standard InChI is InChI=1S/C20H24N6O2.2ClH/c27-19-17(11-14-12-22-18-16(14)4-1-5-21-18)23-20(24-19)26-8-6-25(7-9-26)13-15-3-2-10-28-15;;/h1,4-5,11-12,15H,2-3,6-10,13H2,(H,21,22)(H,23,24,27);2*1H. The smallest absolute Gasteiger partial charge is 0.276 e. The highest BCUT2D eigenvalue weighted by Gasteiger charge is 2.28. The minimum absolute atomic E-state index is 0. The van der Waals surface area contributed by atoms with Gasteiger partial charge in [-0.05, 0) is 31.1 Å². The summed E-state index contributed by atoms with van der Waals surface area (Å²) in [6.45, 7) is 5.54. The molecule has 2 aromatic rings. The Morgan fingerprint density at radius 3 is 2.83 bits per heavy atom. The molecule has 2 saturated heterocycles. The average Bonchev–Trinajstić information content (AvgIpc) is 3.45. The molecular formula is C20H26Cl2N6O2. The number of halogens is 2. The number of carbonyl (C=O) groups excluding carboxylic acids is 1. The van der Waals surface area contributed by atoms with E-state index in [1.54, 1.807) is 6.20 Å². The fourth-order valence-corrected chi connectivity index (χ4v) is 4.07. The lowest BCUT2D eigenvalue weighted by atomic mass is 10.2. The van der Waals surface area contributed by atoms with Crippen molar-refractivity contribution in [2.75, 3.05) is 39.3 Å². The summed E-state index contributed by atoms with van der Waals surface area (Å²) in [5.41, 5.74) is 2.15. The van der Waals surface area contributed by atoms with Crippen LogP contribution in [0.5, 0.6) is 0 Å². The third-order valence-corrected chi connectivity index (χ3v) is 5.62. The predicted molar refractivity (Wildman–Crippen MR) is 121 cm³/mol. The quantitative estimate of drug-likeness (QED) is 0.695. The molecule has 3 aliphatic heterocycles. The highest BCUT2D eigenvalue weighted by molar-refractivity contribution is 6.14. The lowest BCUT2D eigenvalue weighted by Gasteiger charge is -2.36. The number of amides is 1. The lowest BCUT2D eigenvalue weighted by Crippen LogP contribution is -2.53. The molecule has 2 N–H and O–H groups in total. The number of carbonyl (C=O) groups is 1. The third kappa shape index (κ3) is 4.62. The first-order valence-electron chi connectivity index (χ1n) is 9.89. The molecule has 3 aliphatic rings. The van der Waals surface area contributed by atoms with Crippen LogP contribution >= 0.6 is 24.8 Å². The maximum Gasteiger partial charge on any atom is 0.276 e. The van der Waals surface area contributed by atoms with Crippen molar-refractivity contribution in [2.24, 2.45) is 4.99 Å². The van der Waals surface area contributed by atoms with Crippen molar-refractivity contribution in [1.82, 2.24) is 25.1 Å². The molecular weight excluding hydrogens is 427 g/mol. The predicted octanol–water partition coefficient (Wildman–Crippen LogP) is 2.03. The number of guanidine groups is 1. The van der Waals surface area contributed by atoms with Gasteiger partial charge in [0.1, 0.15) is 11.3 Å². The van der Waals surface area contributed by atoms with E-state index in [-0.39, 0.29) is 30.7 Å².